The first-order chi connectivity index (χ1) is 9.17. The summed E-state index contributed by atoms with van der Waals surface area (Å²) in [6, 6.07) is 9.20. The first-order valence-electron chi connectivity index (χ1n) is 6.09. The normalized spacial score (nSPS) is 11.1. The average Bonchev–Trinajstić information content (AvgIpc) is 2.47. The molecule has 0 spiro atoms. The van der Waals surface area contributed by atoms with E-state index in [4.69, 9.17) is 4.74 Å². The number of carbonyl (C=O) groups excluding carboxylic acids is 2. The highest BCUT2D eigenvalue weighted by Gasteiger charge is 2.19. The number of rotatable bonds is 7. The van der Waals surface area contributed by atoms with Crippen LogP contribution in [0.3, 0.4) is 0 Å². The molecule has 0 fully saturated rings. The molecule has 0 unspecified atom stereocenters. The predicted octanol–water partition coefficient (Wildman–Crippen LogP) is 1.69. The number of halogens is 1. The molecule has 0 amide bonds. The van der Waals surface area contributed by atoms with Gasteiger partial charge in [-0.2, -0.15) is 0 Å². The summed E-state index contributed by atoms with van der Waals surface area (Å²) in [4.78, 5) is 22.7. The largest absolute Gasteiger partial charge is 0.469 e. The van der Waals surface area contributed by atoms with Gasteiger partial charge in [0.05, 0.1) is 14.2 Å². The van der Waals surface area contributed by atoms with Crippen molar-refractivity contribution in [3.63, 3.8) is 0 Å². The van der Waals surface area contributed by atoms with Crippen LogP contribution in [0.2, 0.25) is 0 Å². The van der Waals surface area contributed by atoms with Gasteiger partial charge in [-0.1, -0.05) is 30.3 Å². The van der Waals surface area contributed by atoms with Gasteiger partial charge in [0, 0.05) is 13.0 Å². The molecule has 0 radical (unpaired) electrons. The van der Waals surface area contributed by atoms with Crippen molar-refractivity contribution in [2.45, 2.75) is 25.4 Å². The predicted molar refractivity (Wildman–Crippen MR) is 77.6 cm³/mol. The maximum absolute atomic E-state index is 11.6. The smallest absolute Gasteiger partial charge is 0.322 e. The van der Waals surface area contributed by atoms with Crippen molar-refractivity contribution < 1.29 is 19.1 Å². The Morgan fingerprint density at radius 2 is 1.80 bits per heavy atom. The van der Waals surface area contributed by atoms with Crippen molar-refractivity contribution in [1.29, 1.82) is 0 Å². The average molecular weight is 302 g/mol. The Bertz CT molecular complexity index is 411. The second-order valence-corrected chi connectivity index (χ2v) is 4.06. The molecule has 0 bridgehead atoms. The van der Waals surface area contributed by atoms with Gasteiger partial charge >= 0.3 is 11.9 Å². The van der Waals surface area contributed by atoms with Gasteiger partial charge in [0.15, 0.2) is 0 Å². The number of hydrogen-bond acceptors (Lipinski definition) is 5. The number of esters is 2. The molecule has 0 saturated heterocycles. The maximum Gasteiger partial charge on any atom is 0.322 e. The Morgan fingerprint density at radius 1 is 1.15 bits per heavy atom. The van der Waals surface area contributed by atoms with Gasteiger partial charge in [-0.05, 0) is 12.0 Å². The summed E-state index contributed by atoms with van der Waals surface area (Å²) < 4.78 is 9.27. The lowest BCUT2D eigenvalue weighted by Gasteiger charge is -2.15. The van der Waals surface area contributed by atoms with E-state index < -0.39 is 6.04 Å². The number of benzene rings is 1. The molecule has 0 aliphatic carbocycles. The summed E-state index contributed by atoms with van der Waals surface area (Å²) in [6.07, 6.45) is 0.532. The number of carbonyl (C=O) groups is 2. The third-order valence-corrected chi connectivity index (χ3v) is 2.75. The SMILES string of the molecule is COC(=O)CC[C@H](NCc1ccccc1)C(=O)OC.Cl. The van der Waals surface area contributed by atoms with Crippen molar-refractivity contribution in [1.82, 2.24) is 5.32 Å². The summed E-state index contributed by atoms with van der Waals surface area (Å²) in [7, 11) is 2.66. The number of ether oxygens (including phenoxy) is 2. The van der Waals surface area contributed by atoms with E-state index in [1.165, 1.54) is 14.2 Å². The minimum absolute atomic E-state index is 0. The van der Waals surface area contributed by atoms with Gasteiger partial charge < -0.3 is 14.8 Å². The molecule has 1 atom stereocenters. The molecular weight excluding hydrogens is 282 g/mol. The zero-order valence-electron chi connectivity index (χ0n) is 11.6. The molecule has 0 aliphatic heterocycles. The minimum Gasteiger partial charge on any atom is -0.469 e. The standard InChI is InChI=1S/C14H19NO4.ClH/c1-18-13(16)9-8-12(14(17)19-2)15-10-11-6-4-3-5-7-11;/h3-7,12,15H,8-10H2,1-2H3;1H/t12-;/m0./s1. The third kappa shape index (κ3) is 6.54. The molecule has 1 aromatic rings. The topological polar surface area (TPSA) is 64.6 Å². The van der Waals surface area contributed by atoms with Crippen LogP contribution < -0.4 is 5.32 Å². The van der Waals surface area contributed by atoms with Crippen LogP contribution in [0.25, 0.3) is 0 Å². The van der Waals surface area contributed by atoms with Crippen molar-refractivity contribution >= 4 is 24.3 Å². The van der Waals surface area contributed by atoms with Crippen molar-refractivity contribution in [3.8, 4) is 0 Å². The van der Waals surface area contributed by atoms with E-state index in [1.54, 1.807) is 0 Å². The van der Waals surface area contributed by atoms with E-state index in [9.17, 15) is 9.59 Å². The molecule has 5 nitrogen and oxygen atoms in total. The van der Waals surface area contributed by atoms with E-state index in [1.807, 2.05) is 30.3 Å². The van der Waals surface area contributed by atoms with Gasteiger partial charge in [0.1, 0.15) is 6.04 Å². The Morgan fingerprint density at radius 3 is 2.35 bits per heavy atom. The van der Waals surface area contributed by atoms with Gasteiger partial charge in [-0.25, -0.2) is 0 Å². The molecule has 0 aliphatic rings. The van der Waals surface area contributed by atoms with Crippen LogP contribution in [0.4, 0.5) is 0 Å². The maximum atomic E-state index is 11.6. The molecule has 0 aromatic heterocycles. The summed E-state index contributed by atoms with van der Waals surface area (Å²) in [5, 5.41) is 3.08. The zero-order valence-corrected chi connectivity index (χ0v) is 12.4. The lowest BCUT2D eigenvalue weighted by atomic mass is 10.1. The molecular formula is C14H20ClNO4. The second kappa shape index (κ2) is 10.2. The summed E-state index contributed by atoms with van der Waals surface area (Å²) in [6.45, 7) is 0.543. The van der Waals surface area contributed by atoms with Gasteiger partial charge in [-0.3, -0.25) is 9.59 Å². The Labute approximate surface area is 125 Å². The molecule has 1 N–H and O–H groups in total. The van der Waals surface area contributed by atoms with Crippen LogP contribution in [0.1, 0.15) is 18.4 Å². The summed E-state index contributed by atoms with van der Waals surface area (Å²) in [5.41, 5.74) is 1.06. The minimum atomic E-state index is -0.510. The number of methoxy groups -OCH3 is 2. The fraction of sp³-hybridized carbons (Fsp3) is 0.429. The molecule has 1 aromatic carbocycles. The summed E-state index contributed by atoms with van der Waals surface area (Å²) in [5.74, 6) is -0.713. The molecule has 1 rings (SSSR count). The summed E-state index contributed by atoms with van der Waals surface area (Å²) >= 11 is 0. The van der Waals surface area contributed by atoms with Gasteiger partial charge in [0.2, 0.25) is 0 Å². The Hall–Kier alpha value is -1.59. The van der Waals surface area contributed by atoms with E-state index in [0.717, 1.165) is 5.56 Å². The quantitative estimate of drug-likeness (QED) is 0.777. The Balaban J connectivity index is 0.00000361. The fourth-order valence-electron chi connectivity index (χ4n) is 1.65. The van der Waals surface area contributed by atoms with Crippen LogP contribution >= 0.6 is 12.4 Å². The number of nitrogens with one attached hydrogen (secondary N) is 1. The molecule has 6 heteroatoms. The first-order valence-corrected chi connectivity index (χ1v) is 6.09. The first kappa shape index (κ1) is 18.4. The van der Waals surface area contributed by atoms with E-state index in [-0.39, 0.29) is 30.8 Å². The van der Waals surface area contributed by atoms with Crippen LogP contribution in [-0.4, -0.2) is 32.2 Å². The highest BCUT2D eigenvalue weighted by atomic mass is 35.5. The number of hydrogen-bond donors (Lipinski definition) is 1. The molecule has 20 heavy (non-hydrogen) atoms. The van der Waals surface area contributed by atoms with Gasteiger partial charge in [-0.15, -0.1) is 12.4 Å². The lowest BCUT2D eigenvalue weighted by molar-refractivity contribution is -0.144. The van der Waals surface area contributed by atoms with Crippen molar-refractivity contribution in [2.24, 2.45) is 0 Å². The van der Waals surface area contributed by atoms with Crippen LogP contribution in [-0.2, 0) is 25.6 Å². The Kier molecular flexibility index (Phi) is 9.41. The van der Waals surface area contributed by atoms with Gasteiger partial charge in [0.25, 0.3) is 0 Å². The highest BCUT2D eigenvalue weighted by Crippen LogP contribution is 2.04. The van der Waals surface area contributed by atoms with E-state index in [0.29, 0.717) is 13.0 Å². The van der Waals surface area contributed by atoms with Crippen LogP contribution in [0.5, 0.6) is 0 Å². The zero-order chi connectivity index (χ0) is 14.1. The van der Waals surface area contributed by atoms with E-state index in [2.05, 4.69) is 10.1 Å². The second-order valence-electron chi connectivity index (χ2n) is 4.06. The molecule has 112 valence electrons. The van der Waals surface area contributed by atoms with Crippen molar-refractivity contribution in [3.05, 3.63) is 35.9 Å². The van der Waals surface area contributed by atoms with Crippen LogP contribution in [0.15, 0.2) is 30.3 Å². The van der Waals surface area contributed by atoms with Crippen molar-refractivity contribution in [2.75, 3.05) is 14.2 Å². The van der Waals surface area contributed by atoms with E-state index >= 15 is 0 Å². The molecule has 0 heterocycles. The lowest BCUT2D eigenvalue weighted by Crippen LogP contribution is -2.37. The third-order valence-electron chi connectivity index (χ3n) is 2.75. The monoisotopic (exact) mass is 301 g/mol. The van der Waals surface area contributed by atoms with Crippen LogP contribution in [0, 0.1) is 0 Å². The fourth-order valence-corrected chi connectivity index (χ4v) is 1.65. The highest BCUT2D eigenvalue weighted by molar-refractivity contribution is 5.85. The molecule has 0 saturated carbocycles.